The summed E-state index contributed by atoms with van der Waals surface area (Å²) in [6, 6.07) is 1.88. The molecule has 0 aromatic heterocycles. The van der Waals surface area contributed by atoms with E-state index in [0.29, 0.717) is 6.07 Å². The smallest absolute Gasteiger partial charge is 0.203 e. The number of hydrogen-bond donors (Lipinski definition) is 0. The van der Waals surface area contributed by atoms with E-state index in [1.165, 1.54) is 6.07 Å². The third kappa shape index (κ3) is 2.13. The molecule has 0 unspecified atom stereocenters. The third-order valence-corrected chi connectivity index (χ3v) is 2.05. The highest BCUT2D eigenvalue weighted by Crippen LogP contribution is 2.35. The van der Waals surface area contributed by atoms with Crippen LogP contribution in [0.2, 0.25) is 0 Å². The second-order valence-corrected chi connectivity index (χ2v) is 3.18. The predicted octanol–water partition coefficient (Wildman–Crippen LogP) is 3.36. The normalized spacial score (nSPS) is 11.3. The minimum atomic E-state index is -4.80. The Hall–Kier alpha value is -1.64. The lowest BCUT2D eigenvalue weighted by molar-refractivity contribution is -0.138. The fourth-order valence-electron chi connectivity index (χ4n) is 1.30. The number of nitrogens with zero attached hydrogens (tertiary/aromatic N) is 1. The van der Waals surface area contributed by atoms with Gasteiger partial charge in [-0.2, -0.15) is 18.4 Å². The Kier molecular flexibility index (Phi) is 3.17. The molecule has 0 amide bonds. The maximum absolute atomic E-state index is 13.2. The van der Waals surface area contributed by atoms with Crippen LogP contribution in [-0.4, -0.2) is 0 Å². The first-order valence-corrected chi connectivity index (χ1v) is 4.20. The minimum Gasteiger partial charge on any atom is -0.203 e. The molecule has 6 heteroatoms. The van der Waals surface area contributed by atoms with Crippen LogP contribution in [0.25, 0.3) is 0 Å². The van der Waals surface area contributed by atoms with Crippen LogP contribution in [0.1, 0.15) is 16.7 Å². The van der Waals surface area contributed by atoms with Crippen molar-refractivity contribution >= 4 is 0 Å². The Morgan fingerprint density at radius 2 is 1.81 bits per heavy atom. The van der Waals surface area contributed by atoms with Gasteiger partial charge in [0.2, 0.25) is 0 Å². The first kappa shape index (κ1) is 12.4. The minimum absolute atomic E-state index is 0.438. The molecule has 1 aromatic carbocycles. The van der Waals surface area contributed by atoms with Crippen molar-refractivity contribution in [3.63, 3.8) is 0 Å². The summed E-state index contributed by atoms with van der Waals surface area (Å²) in [6.07, 6.45) is -5.62. The number of aryl methyl sites for hydroxylation is 1. The van der Waals surface area contributed by atoms with E-state index in [-0.39, 0.29) is 0 Å². The second kappa shape index (κ2) is 4.08. The van der Waals surface area contributed by atoms with Gasteiger partial charge in [-0.1, -0.05) is 0 Å². The van der Waals surface area contributed by atoms with Gasteiger partial charge in [-0.05, 0) is 18.6 Å². The zero-order valence-electron chi connectivity index (χ0n) is 8.12. The maximum atomic E-state index is 13.2. The lowest BCUT2D eigenvalue weighted by atomic mass is 10.0. The van der Waals surface area contributed by atoms with Crippen LogP contribution >= 0.6 is 0 Å². The molecule has 86 valence electrons. The van der Waals surface area contributed by atoms with Gasteiger partial charge >= 0.3 is 6.18 Å². The molecule has 0 aliphatic rings. The van der Waals surface area contributed by atoms with Crippen molar-refractivity contribution in [3.8, 4) is 6.07 Å². The zero-order chi connectivity index (χ0) is 12.5. The Balaban J connectivity index is 3.55. The van der Waals surface area contributed by atoms with E-state index >= 15 is 0 Å². The number of rotatable bonds is 1. The van der Waals surface area contributed by atoms with Crippen LogP contribution in [0.3, 0.4) is 0 Å². The Labute approximate surface area is 88.1 Å². The molecule has 16 heavy (non-hydrogen) atoms. The summed E-state index contributed by atoms with van der Waals surface area (Å²) in [7, 11) is 0. The van der Waals surface area contributed by atoms with Crippen LogP contribution < -0.4 is 0 Å². The highest BCUT2D eigenvalue weighted by Gasteiger charge is 2.36. The molecule has 0 bridgehead atoms. The molecule has 0 heterocycles. The number of hydrogen-bond acceptors (Lipinski definition) is 1. The Bertz CT molecular complexity index is 456. The van der Waals surface area contributed by atoms with E-state index in [2.05, 4.69) is 0 Å². The molecule has 0 fully saturated rings. The van der Waals surface area contributed by atoms with Gasteiger partial charge in [-0.15, -0.1) is 0 Å². The van der Waals surface area contributed by atoms with E-state index in [4.69, 9.17) is 5.26 Å². The highest BCUT2D eigenvalue weighted by molar-refractivity contribution is 5.37. The SMILES string of the molecule is Cc1cc(C(F)(F)F)c(CC#N)c(F)c1F. The van der Waals surface area contributed by atoms with Gasteiger partial charge in [0, 0.05) is 5.56 Å². The van der Waals surface area contributed by atoms with E-state index in [1.807, 2.05) is 0 Å². The third-order valence-electron chi connectivity index (χ3n) is 2.05. The topological polar surface area (TPSA) is 23.8 Å². The fourth-order valence-corrected chi connectivity index (χ4v) is 1.30. The molecule has 0 saturated carbocycles. The van der Waals surface area contributed by atoms with Crippen molar-refractivity contribution in [1.29, 1.82) is 5.26 Å². The summed E-state index contributed by atoms with van der Waals surface area (Å²) in [5, 5.41) is 8.29. The summed E-state index contributed by atoms with van der Waals surface area (Å²) >= 11 is 0. The van der Waals surface area contributed by atoms with Gasteiger partial charge in [0.15, 0.2) is 11.6 Å². The number of benzene rings is 1. The summed E-state index contributed by atoms with van der Waals surface area (Å²) in [6.45, 7) is 1.03. The molecule has 0 aliphatic carbocycles. The van der Waals surface area contributed by atoms with Crippen LogP contribution in [0, 0.1) is 29.9 Å². The van der Waals surface area contributed by atoms with Gasteiger partial charge in [0.05, 0.1) is 18.1 Å². The molecule has 0 atom stereocenters. The molecule has 0 radical (unpaired) electrons. The Morgan fingerprint density at radius 3 is 2.25 bits per heavy atom. The standard InChI is InChI=1S/C10H6F5N/c1-5-4-7(10(13,14)15)6(2-3-16)9(12)8(5)11/h4H,2H2,1H3. The summed E-state index contributed by atoms with van der Waals surface area (Å²) in [5.41, 5.74) is -2.69. The van der Waals surface area contributed by atoms with Crippen molar-refractivity contribution in [2.75, 3.05) is 0 Å². The van der Waals surface area contributed by atoms with Crippen molar-refractivity contribution in [1.82, 2.24) is 0 Å². The second-order valence-electron chi connectivity index (χ2n) is 3.18. The molecule has 1 rings (SSSR count). The van der Waals surface area contributed by atoms with Gasteiger partial charge < -0.3 is 0 Å². The highest BCUT2D eigenvalue weighted by atomic mass is 19.4. The monoisotopic (exact) mass is 235 g/mol. The average Bonchev–Trinajstić information content (AvgIpc) is 2.17. The van der Waals surface area contributed by atoms with Crippen LogP contribution in [0.4, 0.5) is 22.0 Å². The number of halogens is 5. The van der Waals surface area contributed by atoms with Gasteiger partial charge in [0.25, 0.3) is 0 Å². The molecule has 1 aromatic rings. The van der Waals surface area contributed by atoms with Crippen LogP contribution in [-0.2, 0) is 12.6 Å². The van der Waals surface area contributed by atoms with E-state index in [0.717, 1.165) is 6.92 Å². The van der Waals surface area contributed by atoms with E-state index < -0.39 is 40.9 Å². The predicted molar refractivity (Wildman–Crippen MR) is 45.4 cm³/mol. The molecule has 1 nitrogen and oxygen atoms in total. The van der Waals surface area contributed by atoms with E-state index in [1.54, 1.807) is 0 Å². The molecule has 0 spiro atoms. The largest absolute Gasteiger partial charge is 0.416 e. The first-order valence-electron chi connectivity index (χ1n) is 4.20. The van der Waals surface area contributed by atoms with E-state index in [9.17, 15) is 22.0 Å². The maximum Gasteiger partial charge on any atom is 0.416 e. The first-order chi connectivity index (χ1) is 7.29. The molecule has 0 N–H and O–H groups in total. The molecule has 0 aliphatic heterocycles. The van der Waals surface area contributed by atoms with Crippen molar-refractivity contribution in [2.45, 2.75) is 19.5 Å². The lowest BCUT2D eigenvalue weighted by Gasteiger charge is -2.13. The van der Waals surface area contributed by atoms with Crippen molar-refractivity contribution in [3.05, 3.63) is 34.4 Å². The number of alkyl halides is 3. The van der Waals surface area contributed by atoms with Crippen molar-refractivity contribution < 1.29 is 22.0 Å². The van der Waals surface area contributed by atoms with Gasteiger partial charge in [-0.3, -0.25) is 0 Å². The number of nitriles is 1. The zero-order valence-corrected chi connectivity index (χ0v) is 8.12. The average molecular weight is 235 g/mol. The molecule has 0 saturated heterocycles. The fraction of sp³-hybridized carbons (Fsp3) is 0.300. The Morgan fingerprint density at radius 1 is 1.25 bits per heavy atom. The van der Waals surface area contributed by atoms with Gasteiger partial charge in [-0.25, -0.2) is 8.78 Å². The summed E-state index contributed by atoms with van der Waals surface area (Å²) in [5.74, 6) is -2.95. The van der Waals surface area contributed by atoms with Crippen molar-refractivity contribution in [2.24, 2.45) is 0 Å². The summed E-state index contributed by atoms with van der Waals surface area (Å²) in [4.78, 5) is 0. The quantitative estimate of drug-likeness (QED) is 0.684. The van der Waals surface area contributed by atoms with Crippen LogP contribution in [0.5, 0.6) is 0 Å². The molecular weight excluding hydrogens is 229 g/mol. The van der Waals surface area contributed by atoms with Crippen LogP contribution in [0.15, 0.2) is 6.07 Å². The molecular formula is C10H6F5N. The van der Waals surface area contributed by atoms with Gasteiger partial charge in [0.1, 0.15) is 0 Å². The lowest BCUT2D eigenvalue weighted by Crippen LogP contribution is -2.13. The summed E-state index contributed by atoms with van der Waals surface area (Å²) < 4.78 is 63.6.